The quantitative estimate of drug-likeness (QED) is 0.732. The summed E-state index contributed by atoms with van der Waals surface area (Å²) < 4.78 is 19.2. The Balaban J connectivity index is 2.06. The Kier molecular flexibility index (Phi) is 6.70. The molecule has 1 unspecified atom stereocenters. The second-order valence-corrected chi connectivity index (χ2v) is 7.75. The first-order valence-corrected chi connectivity index (χ1v) is 10.2. The summed E-state index contributed by atoms with van der Waals surface area (Å²) in [6, 6.07) is 15.9. The number of hydrogen-bond donors (Lipinski definition) is 1. The Morgan fingerprint density at radius 3 is 2.71 bits per heavy atom. The molecule has 1 aliphatic rings. The summed E-state index contributed by atoms with van der Waals surface area (Å²) in [5, 5.41) is 6.55. The van der Waals surface area contributed by atoms with E-state index in [0.29, 0.717) is 43.0 Å². The Bertz CT molecular complexity index is 847. The lowest BCUT2D eigenvalue weighted by Crippen LogP contribution is -2.42. The van der Waals surface area contributed by atoms with E-state index in [1.807, 2.05) is 37.3 Å². The number of nitrogens with zero attached hydrogens (tertiary/aromatic N) is 2. The van der Waals surface area contributed by atoms with Crippen LogP contribution in [0.1, 0.15) is 37.3 Å². The van der Waals surface area contributed by atoms with E-state index in [-0.39, 0.29) is 5.82 Å². The molecular formula is C21H24FN3O2S. The second-order valence-electron chi connectivity index (χ2n) is 6.49. The van der Waals surface area contributed by atoms with Crippen molar-refractivity contribution in [1.82, 2.24) is 5.01 Å². The van der Waals surface area contributed by atoms with Crippen molar-refractivity contribution in [3.05, 3.63) is 71.5 Å². The van der Waals surface area contributed by atoms with Gasteiger partial charge in [0.05, 0.1) is 6.61 Å². The highest BCUT2D eigenvalue weighted by Gasteiger charge is 2.49. The van der Waals surface area contributed by atoms with Crippen LogP contribution in [0.15, 0.2) is 59.7 Å². The molecule has 0 aromatic heterocycles. The maximum Gasteiger partial charge on any atom is 0.432 e. The maximum atomic E-state index is 13.8. The lowest BCUT2D eigenvalue weighted by molar-refractivity contribution is 0.0782. The molecule has 1 heterocycles. The van der Waals surface area contributed by atoms with Crippen molar-refractivity contribution < 1.29 is 13.9 Å². The van der Waals surface area contributed by atoms with Crippen LogP contribution in [0.2, 0.25) is 0 Å². The van der Waals surface area contributed by atoms with Gasteiger partial charge in [0.25, 0.3) is 0 Å². The zero-order valence-corrected chi connectivity index (χ0v) is 16.6. The molecule has 0 aliphatic carbocycles. The van der Waals surface area contributed by atoms with Gasteiger partial charge in [0.1, 0.15) is 15.7 Å². The van der Waals surface area contributed by atoms with Crippen LogP contribution in [0.25, 0.3) is 0 Å². The predicted octanol–water partition coefficient (Wildman–Crippen LogP) is 4.67. The minimum atomic E-state index is -0.785. The summed E-state index contributed by atoms with van der Waals surface area (Å²) in [6.07, 6.45) is 1.50. The van der Waals surface area contributed by atoms with E-state index in [2.05, 4.69) is 5.10 Å². The molecule has 2 aromatic rings. The summed E-state index contributed by atoms with van der Waals surface area (Å²) >= 11 is 1.44. The Hall–Kier alpha value is -2.38. The van der Waals surface area contributed by atoms with Crippen molar-refractivity contribution in [2.45, 2.75) is 31.1 Å². The molecule has 0 saturated carbocycles. The molecule has 1 amide bonds. The summed E-state index contributed by atoms with van der Waals surface area (Å²) in [4.78, 5) is 12.1. The molecule has 1 aliphatic heterocycles. The highest BCUT2D eigenvalue weighted by molar-refractivity contribution is 8.15. The Morgan fingerprint density at radius 2 is 2.04 bits per heavy atom. The zero-order chi connectivity index (χ0) is 20.0. The molecule has 0 radical (unpaired) electrons. The molecule has 3 rings (SSSR count). The molecule has 0 saturated heterocycles. The Morgan fingerprint density at radius 1 is 1.25 bits per heavy atom. The van der Waals surface area contributed by atoms with Crippen molar-refractivity contribution in [1.29, 1.82) is 0 Å². The van der Waals surface area contributed by atoms with Crippen LogP contribution in [0, 0.1) is 5.82 Å². The minimum absolute atomic E-state index is 0.312. The molecule has 0 bridgehead atoms. The number of carbonyl (C=O) groups excluding carboxylic acids is 1. The third-order valence-electron chi connectivity index (χ3n) is 4.42. The number of benzene rings is 2. The topological polar surface area (TPSA) is 67.9 Å². The van der Waals surface area contributed by atoms with E-state index in [0.717, 1.165) is 5.56 Å². The van der Waals surface area contributed by atoms with Gasteiger partial charge in [-0.15, -0.1) is 0 Å². The van der Waals surface area contributed by atoms with Crippen LogP contribution in [0.4, 0.5) is 9.18 Å². The van der Waals surface area contributed by atoms with E-state index >= 15 is 0 Å². The molecule has 0 fully saturated rings. The van der Waals surface area contributed by atoms with Gasteiger partial charge in [0.15, 0.2) is 0 Å². The van der Waals surface area contributed by atoms with Crippen molar-refractivity contribution in [3.63, 3.8) is 0 Å². The van der Waals surface area contributed by atoms with Gasteiger partial charge in [0, 0.05) is 5.56 Å². The summed E-state index contributed by atoms with van der Waals surface area (Å²) in [7, 11) is 0. The summed E-state index contributed by atoms with van der Waals surface area (Å²) in [5.41, 5.74) is 7.34. The molecule has 5 nitrogen and oxygen atoms in total. The molecule has 2 N–H and O–H groups in total. The third-order valence-corrected chi connectivity index (χ3v) is 5.88. The van der Waals surface area contributed by atoms with Gasteiger partial charge in [-0.2, -0.15) is 10.1 Å². The summed E-state index contributed by atoms with van der Waals surface area (Å²) in [6.45, 7) is 2.74. The highest BCUT2D eigenvalue weighted by atomic mass is 32.2. The lowest BCUT2D eigenvalue weighted by Gasteiger charge is -2.35. The fourth-order valence-corrected chi connectivity index (χ4v) is 4.48. The molecule has 0 spiro atoms. The van der Waals surface area contributed by atoms with Gasteiger partial charge < -0.3 is 10.5 Å². The largest absolute Gasteiger partial charge is 0.448 e. The van der Waals surface area contributed by atoms with Crippen molar-refractivity contribution >= 4 is 22.9 Å². The number of halogens is 1. The standard InChI is InChI=1S/C21H24FN3O2S/c1-2-14-27-20(26)25-21(12-7-13-23,17-9-4-3-5-10-17)28-19(24-25)16-8-6-11-18(22)15-16/h3-6,8-11,15H,2,7,12-14,23H2,1H3. The van der Waals surface area contributed by atoms with E-state index in [1.54, 1.807) is 12.1 Å². The smallest absolute Gasteiger partial charge is 0.432 e. The second kappa shape index (κ2) is 9.21. The number of ether oxygens (including phenoxy) is 1. The van der Waals surface area contributed by atoms with Crippen LogP contribution < -0.4 is 5.73 Å². The number of carbonyl (C=O) groups is 1. The Labute approximate surface area is 168 Å². The van der Waals surface area contributed by atoms with Gasteiger partial charge in [-0.1, -0.05) is 61.2 Å². The van der Waals surface area contributed by atoms with Crippen LogP contribution in [-0.2, 0) is 9.61 Å². The van der Waals surface area contributed by atoms with Crippen LogP contribution in [0.5, 0.6) is 0 Å². The van der Waals surface area contributed by atoms with Crippen molar-refractivity contribution in [2.24, 2.45) is 10.8 Å². The van der Waals surface area contributed by atoms with E-state index < -0.39 is 11.0 Å². The molecule has 1 atom stereocenters. The monoisotopic (exact) mass is 401 g/mol. The van der Waals surface area contributed by atoms with Gasteiger partial charge in [-0.3, -0.25) is 0 Å². The van der Waals surface area contributed by atoms with Crippen LogP contribution in [-0.4, -0.2) is 29.3 Å². The first-order valence-electron chi connectivity index (χ1n) is 9.37. The molecule has 7 heteroatoms. The van der Waals surface area contributed by atoms with Gasteiger partial charge in [-0.25, -0.2) is 9.18 Å². The van der Waals surface area contributed by atoms with E-state index in [1.165, 1.54) is 28.9 Å². The minimum Gasteiger partial charge on any atom is -0.448 e. The van der Waals surface area contributed by atoms with Crippen molar-refractivity contribution in [3.8, 4) is 0 Å². The average Bonchev–Trinajstić information content (AvgIpc) is 3.12. The fraction of sp³-hybridized carbons (Fsp3) is 0.333. The van der Waals surface area contributed by atoms with Crippen LogP contribution >= 0.6 is 11.8 Å². The molecule has 148 valence electrons. The summed E-state index contributed by atoms with van der Waals surface area (Å²) in [5.74, 6) is -0.347. The number of amides is 1. The van der Waals surface area contributed by atoms with Gasteiger partial charge in [-0.05, 0) is 43.5 Å². The van der Waals surface area contributed by atoms with E-state index in [9.17, 15) is 9.18 Å². The third kappa shape index (κ3) is 4.20. The number of nitrogens with two attached hydrogens (primary N) is 1. The highest BCUT2D eigenvalue weighted by Crippen LogP contribution is 2.50. The normalized spacial score (nSPS) is 18.8. The number of rotatable bonds is 7. The SMILES string of the molecule is CCCOC(=O)N1N=C(c2cccc(F)c2)SC1(CCCN)c1ccccc1. The number of hydrogen-bond acceptors (Lipinski definition) is 5. The molecule has 2 aromatic carbocycles. The molecular weight excluding hydrogens is 377 g/mol. The van der Waals surface area contributed by atoms with E-state index in [4.69, 9.17) is 10.5 Å². The number of hydrazone groups is 1. The van der Waals surface area contributed by atoms with Crippen LogP contribution in [0.3, 0.4) is 0 Å². The predicted molar refractivity (Wildman–Crippen MR) is 110 cm³/mol. The first kappa shape index (κ1) is 20.4. The maximum absolute atomic E-state index is 13.8. The van der Waals surface area contributed by atoms with Crippen molar-refractivity contribution in [2.75, 3.05) is 13.2 Å². The first-order chi connectivity index (χ1) is 13.6. The lowest BCUT2D eigenvalue weighted by atomic mass is 10.0. The van der Waals surface area contributed by atoms with Gasteiger partial charge >= 0.3 is 6.09 Å². The van der Waals surface area contributed by atoms with Gasteiger partial charge in [0.2, 0.25) is 0 Å². The average molecular weight is 402 g/mol. The molecule has 28 heavy (non-hydrogen) atoms. The fourth-order valence-electron chi connectivity index (χ4n) is 3.09. The zero-order valence-electron chi connectivity index (χ0n) is 15.8. The number of thioether (sulfide) groups is 1.